The molecule has 382 valence electrons. The number of nitrogens with zero attached hydrogens (tertiary/aromatic N) is 1. The molecular weight excluding hydrogens is 875 g/mol. The average molecular weight is 956 g/mol. The van der Waals surface area contributed by atoms with Gasteiger partial charge < -0.3 is 48.6 Å². The Balaban J connectivity index is 1.47. The standard InChI is InChI=1S/C53H81NO14/c1-31-15-11-10-12-16-32(2)44(66-40-29-65-30-40)27-39-20-18-37(7)53(62,68-39)50(59)51(60)54-22-14-13-17-41(54)52(61)67-45(34(4)25-38-19-21-42(55)46(26-38)63-8)28-43(56)33(3)24-36(6)48(58)49(64-9)47(57)35(5)23-31/h10-12,15-16,24,31,33-35,37-42,44-46,48-49,55,58,62H,13-14,17-23,25-30H2,1-9H3/b12-10+,15-11+,32-16+,36-24+/t31-,33-,34-,35-,37-,38+,39+,41+,42-,44-,45+,46-,48-,49+,53-/m1/s1. The zero-order valence-electron chi connectivity index (χ0n) is 42.0. The predicted molar refractivity (Wildman–Crippen MR) is 254 cm³/mol. The molecule has 4 aliphatic heterocycles. The molecule has 0 unspecified atom stereocenters. The Morgan fingerprint density at radius 1 is 0.868 bits per heavy atom. The Kier molecular flexibility index (Phi) is 20.9. The van der Waals surface area contributed by atoms with Crippen LogP contribution < -0.4 is 0 Å². The molecule has 1 aliphatic carbocycles. The van der Waals surface area contributed by atoms with Crippen molar-refractivity contribution in [2.75, 3.05) is 34.0 Å². The van der Waals surface area contributed by atoms with Crippen molar-refractivity contribution in [2.24, 2.45) is 35.5 Å². The van der Waals surface area contributed by atoms with Gasteiger partial charge in [-0.05, 0) is 107 Å². The van der Waals surface area contributed by atoms with E-state index in [9.17, 15) is 39.3 Å². The third-order valence-corrected chi connectivity index (χ3v) is 15.2. The minimum Gasteiger partial charge on any atom is -0.460 e. The summed E-state index contributed by atoms with van der Waals surface area (Å²) in [6, 6.07) is -1.15. The number of Topliss-reactive ketones (excluding diaryl/α,β-unsaturated/α-hetero) is 3. The number of esters is 1. The van der Waals surface area contributed by atoms with Gasteiger partial charge in [0.25, 0.3) is 11.7 Å². The van der Waals surface area contributed by atoms with Gasteiger partial charge in [0.15, 0.2) is 5.78 Å². The van der Waals surface area contributed by atoms with Crippen LogP contribution in [0.3, 0.4) is 0 Å². The molecule has 15 nitrogen and oxygen atoms in total. The van der Waals surface area contributed by atoms with Crippen LogP contribution in [-0.2, 0) is 52.4 Å². The topological polar surface area (TPSA) is 205 Å². The van der Waals surface area contributed by atoms with E-state index in [2.05, 4.69) is 0 Å². The van der Waals surface area contributed by atoms with Gasteiger partial charge in [0.1, 0.15) is 36.2 Å². The van der Waals surface area contributed by atoms with Gasteiger partial charge in [0, 0.05) is 51.4 Å². The van der Waals surface area contributed by atoms with Gasteiger partial charge in [-0.2, -0.15) is 0 Å². The molecule has 1 amide bonds. The minimum absolute atomic E-state index is 0.00818. The molecule has 0 aromatic rings. The maximum absolute atomic E-state index is 14.4. The summed E-state index contributed by atoms with van der Waals surface area (Å²) in [5.74, 6) is -8.05. The number of rotatable bonds is 7. The Labute approximate surface area is 404 Å². The molecule has 0 radical (unpaired) electrons. The quantitative estimate of drug-likeness (QED) is 0.153. The second-order valence-electron chi connectivity index (χ2n) is 20.7. The van der Waals surface area contributed by atoms with Gasteiger partial charge >= 0.3 is 5.97 Å². The van der Waals surface area contributed by atoms with Crippen molar-refractivity contribution in [1.29, 1.82) is 0 Å². The normalized spacial score (nSPS) is 40.4. The number of methoxy groups -OCH3 is 2. The van der Waals surface area contributed by atoms with Crippen LogP contribution in [-0.4, -0.2) is 144 Å². The fraction of sp³-hybridized carbons (Fsp3) is 0.755. The second kappa shape index (κ2) is 25.6. The lowest BCUT2D eigenvalue weighted by molar-refractivity contribution is -0.267. The molecule has 2 bridgehead atoms. The fourth-order valence-corrected chi connectivity index (χ4v) is 10.5. The Hall–Kier alpha value is -3.41. The number of aliphatic hydroxyl groups is 3. The predicted octanol–water partition coefficient (Wildman–Crippen LogP) is 5.95. The van der Waals surface area contributed by atoms with Crippen LogP contribution in [0.4, 0.5) is 0 Å². The zero-order valence-corrected chi connectivity index (χ0v) is 42.0. The highest BCUT2D eigenvalue weighted by Gasteiger charge is 2.53. The van der Waals surface area contributed by atoms with E-state index in [1.165, 1.54) is 12.0 Å². The number of ether oxygens (including phenoxy) is 6. The molecule has 68 heavy (non-hydrogen) atoms. The number of carbonyl (C=O) groups is 5. The van der Waals surface area contributed by atoms with Gasteiger partial charge in [-0.25, -0.2) is 4.79 Å². The van der Waals surface area contributed by atoms with E-state index in [-0.39, 0.29) is 60.9 Å². The van der Waals surface area contributed by atoms with Gasteiger partial charge in [-0.3, -0.25) is 19.2 Å². The fourth-order valence-electron chi connectivity index (χ4n) is 10.5. The summed E-state index contributed by atoms with van der Waals surface area (Å²) in [5, 5.41) is 34.1. The van der Waals surface area contributed by atoms with E-state index in [0.29, 0.717) is 76.6 Å². The first-order valence-electron chi connectivity index (χ1n) is 25.1. The molecule has 15 heteroatoms. The van der Waals surface area contributed by atoms with E-state index >= 15 is 0 Å². The van der Waals surface area contributed by atoms with Crippen LogP contribution in [0.15, 0.2) is 47.6 Å². The maximum atomic E-state index is 14.4. The highest BCUT2D eigenvalue weighted by Crippen LogP contribution is 2.38. The summed E-state index contributed by atoms with van der Waals surface area (Å²) in [4.78, 5) is 72.2. The molecule has 0 spiro atoms. The van der Waals surface area contributed by atoms with E-state index in [1.807, 2.05) is 58.1 Å². The number of fused-ring (bicyclic) bond motifs is 3. The van der Waals surface area contributed by atoms with Crippen molar-refractivity contribution < 1.29 is 67.7 Å². The first-order chi connectivity index (χ1) is 32.3. The number of carbonyl (C=O) groups excluding carboxylic acids is 5. The average Bonchev–Trinajstić information content (AvgIpc) is 3.30. The SMILES string of the molecule is CO[C@@H]1C[C@H](C[C@@H](C)[C@@H]2CC(=O)[C@H](C)/C=C(\C)[C@@H](O)[C@@H](OC)C(=O)[C@H](C)C[C@H](C)/C=C/C=C/C=C(\C)[C@H](OC3COC3)C[C@@H]3CC[C@@H](C)[C@@](O)(O3)C(=O)C(=O)N3CCCC[C@H]3C(=O)O2)CC[C@H]1O. The van der Waals surface area contributed by atoms with Crippen LogP contribution >= 0.6 is 0 Å². The number of amides is 1. The van der Waals surface area contributed by atoms with Crippen molar-refractivity contribution in [1.82, 2.24) is 4.90 Å². The molecule has 1 saturated carbocycles. The summed E-state index contributed by atoms with van der Waals surface area (Å²) in [7, 11) is 2.95. The van der Waals surface area contributed by atoms with Crippen LogP contribution in [0.2, 0.25) is 0 Å². The number of hydrogen-bond acceptors (Lipinski definition) is 14. The van der Waals surface area contributed by atoms with Crippen molar-refractivity contribution in [3.63, 3.8) is 0 Å². The zero-order chi connectivity index (χ0) is 49.9. The molecule has 15 atom stereocenters. The molecule has 3 saturated heterocycles. The van der Waals surface area contributed by atoms with Crippen molar-refractivity contribution >= 4 is 29.2 Å². The minimum atomic E-state index is -2.45. The summed E-state index contributed by atoms with van der Waals surface area (Å²) in [5.41, 5.74) is 1.27. The maximum Gasteiger partial charge on any atom is 0.329 e. The Morgan fingerprint density at radius 3 is 2.28 bits per heavy atom. The van der Waals surface area contributed by atoms with E-state index in [0.717, 1.165) is 12.0 Å². The lowest BCUT2D eigenvalue weighted by atomic mass is 9.78. The lowest BCUT2D eigenvalue weighted by Crippen LogP contribution is -2.61. The van der Waals surface area contributed by atoms with Gasteiger partial charge in [-0.1, -0.05) is 71.1 Å². The first kappa shape index (κ1) is 55.5. The van der Waals surface area contributed by atoms with Crippen LogP contribution in [0.5, 0.6) is 0 Å². The monoisotopic (exact) mass is 956 g/mol. The van der Waals surface area contributed by atoms with Crippen molar-refractivity contribution in [2.45, 2.75) is 186 Å². The summed E-state index contributed by atoms with van der Waals surface area (Å²) in [6.45, 7) is 13.7. The van der Waals surface area contributed by atoms with Gasteiger partial charge in [0.05, 0.1) is 37.6 Å². The molecular formula is C53H81NO14. The van der Waals surface area contributed by atoms with Gasteiger partial charge in [-0.15, -0.1) is 0 Å². The number of cyclic esters (lactones) is 1. The summed E-state index contributed by atoms with van der Waals surface area (Å²) in [6.07, 6.45) is 11.0. The molecule has 5 rings (SSSR count). The first-order valence-corrected chi connectivity index (χ1v) is 25.1. The van der Waals surface area contributed by atoms with Crippen LogP contribution in [0.1, 0.15) is 126 Å². The van der Waals surface area contributed by atoms with Crippen molar-refractivity contribution in [3.8, 4) is 0 Å². The van der Waals surface area contributed by atoms with Gasteiger partial charge in [0.2, 0.25) is 5.79 Å². The third-order valence-electron chi connectivity index (χ3n) is 15.2. The van der Waals surface area contributed by atoms with E-state index in [1.54, 1.807) is 34.0 Å². The largest absolute Gasteiger partial charge is 0.460 e. The molecule has 0 aromatic heterocycles. The molecule has 4 heterocycles. The number of hydrogen-bond donors (Lipinski definition) is 3. The van der Waals surface area contributed by atoms with E-state index < -0.39 is 83.9 Å². The third kappa shape index (κ3) is 14.4. The van der Waals surface area contributed by atoms with E-state index in [4.69, 9.17) is 28.4 Å². The number of allylic oxidation sites excluding steroid dienone is 6. The second-order valence-corrected chi connectivity index (χ2v) is 20.7. The summed E-state index contributed by atoms with van der Waals surface area (Å²) >= 11 is 0. The smallest absolute Gasteiger partial charge is 0.329 e. The highest BCUT2D eigenvalue weighted by atomic mass is 16.6. The molecule has 5 aliphatic rings. The molecule has 0 aromatic carbocycles. The Bertz CT molecular complexity index is 1860. The molecule has 3 N–H and O–H groups in total. The lowest BCUT2D eigenvalue weighted by Gasteiger charge is -2.43. The summed E-state index contributed by atoms with van der Waals surface area (Å²) < 4.78 is 35.5. The highest BCUT2D eigenvalue weighted by molar-refractivity contribution is 6.39. The van der Waals surface area contributed by atoms with Crippen LogP contribution in [0, 0.1) is 35.5 Å². The van der Waals surface area contributed by atoms with Crippen molar-refractivity contribution in [3.05, 3.63) is 47.6 Å². The molecule has 4 fully saturated rings. The number of ketones is 3. The number of piperidine rings is 1. The Morgan fingerprint density at radius 2 is 1.60 bits per heavy atom. The number of aliphatic hydroxyl groups excluding tert-OH is 2. The van der Waals surface area contributed by atoms with Crippen LogP contribution in [0.25, 0.3) is 0 Å².